The quantitative estimate of drug-likeness (QED) is 0.705. The molecular formula is C13H25N3. The van der Waals surface area contributed by atoms with Crippen molar-refractivity contribution in [1.82, 2.24) is 15.1 Å². The molecular weight excluding hydrogens is 198 g/mol. The molecule has 0 aromatic heterocycles. The van der Waals surface area contributed by atoms with Crippen LogP contribution in [-0.4, -0.2) is 62.7 Å². The van der Waals surface area contributed by atoms with Crippen molar-refractivity contribution in [3.63, 3.8) is 0 Å². The molecule has 0 aromatic rings. The summed E-state index contributed by atoms with van der Waals surface area (Å²) in [6.45, 7) is 5.41. The predicted molar refractivity (Wildman–Crippen MR) is 69.4 cm³/mol. The smallest absolute Gasteiger partial charge is 0.0374 e. The van der Waals surface area contributed by atoms with E-state index in [9.17, 15) is 0 Å². The highest BCUT2D eigenvalue weighted by Gasteiger charge is 2.28. The van der Waals surface area contributed by atoms with Crippen LogP contribution in [-0.2, 0) is 0 Å². The van der Waals surface area contributed by atoms with Crippen LogP contribution in [0.3, 0.4) is 0 Å². The third-order valence-electron chi connectivity index (χ3n) is 3.49. The molecule has 0 amide bonds. The Morgan fingerprint density at radius 2 is 2.12 bits per heavy atom. The van der Waals surface area contributed by atoms with Gasteiger partial charge in [0.2, 0.25) is 0 Å². The minimum atomic E-state index is 0.550. The third-order valence-corrected chi connectivity index (χ3v) is 3.49. The van der Waals surface area contributed by atoms with Gasteiger partial charge in [-0.1, -0.05) is 0 Å². The molecule has 1 fully saturated rings. The number of hydrogen-bond donors (Lipinski definition) is 1. The van der Waals surface area contributed by atoms with Crippen LogP contribution in [0, 0.1) is 11.8 Å². The SMILES string of the molecule is CC#CCCC(NC)C1CN(C)CCN1C. The van der Waals surface area contributed by atoms with Crippen LogP contribution in [0.25, 0.3) is 0 Å². The minimum Gasteiger partial charge on any atom is -0.315 e. The van der Waals surface area contributed by atoms with Crippen LogP contribution in [0.5, 0.6) is 0 Å². The van der Waals surface area contributed by atoms with Gasteiger partial charge in [-0.3, -0.25) is 4.90 Å². The van der Waals surface area contributed by atoms with Crippen LogP contribution in [0.15, 0.2) is 0 Å². The molecule has 0 saturated carbocycles. The van der Waals surface area contributed by atoms with Gasteiger partial charge in [0.15, 0.2) is 0 Å². The summed E-state index contributed by atoms with van der Waals surface area (Å²) in [5, 5.41) is 3.45. The Bertz CT molecular complexity index is 254. The standard InChI is InChI=1S/C13H25N3/c1-5-6-7-8-12(14-2)13-11-15(3)9-10-16(13)4/h12-14H,7-11H2,1-4H3. The Kier molecular flexibility index (Phi) is 5.83. The summed E-state index contributed by atoms with van der Waals surface area (Å²) in [4.78, 5) is 4.89. The van der Waals surface area contributed by atoms with Gasteiger partial charge in [-0.25, -0.2) is 0 Å². The maximum Gasteiger partial charge on any atom is 0.0374 e. The first-order valence-electron chi connectivity index (χ1n) is 6.14. The number of nitrogens with one attached hydrogen (secondary N) is 1. The van der Waals surface area contributed by atoms with Crippen LogP contribution in [0.4, 0.5) is 0 Å². The Morgan fingerprint density at radius 1 is 1.38 bits per heavy atom. The largest absolute Gasteiger partial charge is 0.315 e. The second-order valence-electron chi connectivity index (χ2n) is 4.67. The topological polar surface area (TPSA) is 18.5 Å². The highest BCUT2D eigenvalue weighted by Crippen LogP contribution is 2.13. The molecule has 1 aliphatic rings. The van der Waals surface area contributed by atoms with Crippen molar-refractivity contribution in [3.05, 3.63) is 0 Å². The van der Waals surface area contributed by atoms with E-state index < -0.39 is 0 Å². The fraction of sp³-hybridized carbons (Fsp3) is 0.846. The minimum absolute atomic E-state index is 0.550. The van der Waals surface area contributed by atoms with E-state index in [-0.39, 0.29) is 0 Å². The molecule has 3 nitrogen and oxygen atoms in total. The van der Waals surface area contributed by atoms with Gasteiger partial charge in [-0.2, -0.15) is 0 Å². The monoisotopic (exact) mass is 223 g/mol. The fourth-order valence-corrected chi connectivity index (χ4v) is 2.36. The van der Waals surface area contributed by atoms with E-state index in [1.807, 2.05) is 6.92 Å². The molecule has 0 radical (unpaired) electrons. The molecule has 0 spiro atoms. The van der Waals surface area contributed by atoms with Crippen LogP contribution in [0.1, 0.15) is 19.8 Å². The van der Waals surface area contributed by atoms with Crippen molar-refractivity contribution in [2.75, 3.05) is 40.8 Å². The molecule has 1 aliphatic heterocycles. The zero-order valence-corrected chi connectivity index (χ0v) is 11.1. The number of piperazine rings is 1. The van der Waals surface area contributed by atoms with Crippen molar-refractivity contribution in [2.45, 2.75) is 31.8 Å². The van der Waals surface area contributed by atoms with Crippen molar-refractivity contribution in [3.8, 4) is 11.8 Å². The molecule has 2 unspecified atom stereocenters. The summed E-state index contributed by atoms with van der Waals surface area (Å²) in [7, 11) is 6.50. The summed E-state index contributed by atoms with van der Waals surface area (Å²) < 4.78 is 0. The van der Waals surface area contributed by atoms with Crippen LogP contribution >= 0.6 is 0 Å². The van der Waals surface area contributed by atoms with Crippen LogP contribution < -0.4 is 5.32 Å². The number of nitrogens with zero attached hydrogens (tertiary/aromatic N) is 2. The third kappa shape index (κ3) is 3.79. The lowest BCUT2D eigenvalue weighted by molar-refractivity contribution is 0.0878. The lowest BCUT2D eigenvalue weighted by Gasteiger charge is -2.41. The molecule has 1 rings (SSSR count). The lowest BCUT2D eigenvalue weighted by Crippen LogP contribution is -2.58. The first-order chi connectivity index (χ1) is 7.69. The number of likely N-dealkylation sites (N-methyl/N-ethyl adjacent to an activating group) is 3. The second kappa shape index (κ2) is 6.90. The van der Waals surface area contributed by atoms with Gasteiger partial charge in [-0.05, 0) is 34.5 Å². The Balaban J connectivity index is 2.50. The Hall–Kier alpha value is -0.560. The van der Waals surface area contributed by atoms with Gasteiger partial charge < -0.3 is 10.2 Å². The fourth-order valence-electron chi connectivity index (χ4n) is 2.36. The van der Waals surface area contributed by atoms with E-state index >= 15 is 0 Å². The zero-order valence-electron chi connectivity index (χ0n) is 11.1. The zero-order chi connectivity index (χ0) is 12.0. The molecule has 3 heteroatoms. The van der Waals surface area contributed by atoms with E-state index in [0.717, 1.165) is 19.4 Å². The molecule has 0 aromatic carbocycles. The Morgan fingerprint density at radius 3 is 2.75 bits per heavy atom. The lowest BCUT2D eigenvalue weighted by atomic mass is 9.99. The van der Waals surface area contributed by atoms with Gasteiger partial charge in [0.05, 0.1) is 0 Å². The van der Waals surface area contributed by atoms with Gasteiger partial charge in [0, 0.05) is 38.1 Å². The van der Waals surface area contributed by atoms with Crippen molar-refractivity contribution < 1.29 is 0 Å². The highest BCUT2D eigenvalue weighted by molar-refractivity contribution is 4.97. The van der Waals surface area contributed by atoms with Gasteiger partial charge in [-0.15, -0.1) is 11.8 Å². The average Bonchev–Trinajstić information content (AvgIpc) is 2.28. The maximum absolute atomic E-state index is 3.45. The second-order valence-corrected chi connectivity index (χ2v) is 4.67. The summed E-state index contributed by atoms with van der Waals surface area (Å²) in [6, 6.07) is 1.16. The summed E-state index contributed by atoms with van der Waals surface area (Å²) in [5.41, 5.74) is 0. The molecule has 1 saturated heterocycles. The van der Waals surface area contributed by atoms with Gasteiger partial charge >= 0.3 is 0 Å². The first-order valence-corrected chi connectivity index (χ1v) is 6.14. The first kappa shape index (κ1) is 13.5. The average molecular weight is 223 g/mol. The normalized spacial score (nSPS) is 24.9. The van der Waals surface area contributed by atoms with Crippen molar-refractivity contribution in [2.24, 2.45) is 0 Å². The molecule has 1 N–H and O–H groups in total. The number of hydrogen-bond acceptors (Lipinski definition) is 3. The van der Waals surface area contributed by atoms with E-state index in [0.29, 0.717) is 12.1 Å². The summed E-state index contributed by atoms with van der Waals surface area (Å²) in [6.07, 6.45) is 2.14. The molecule has 1 heterocycles. The molecule has 2 atom stereocenters. The van der Waals surface area contributed by atoms with Crippen molar-refractivity contribution >= 4 is 0 Å². The van der Waals surface area contributed by atoms with E-state index in [2.05, 4.69) is 48.1 Å². The van der Waals surface area contributed by atoms with E-state index in [4.69, 9.17) is 0 Å². The Labute approximate surface area is 100 Å². The predicted octanol–water partition coefficient (Wildman–Crippen LogP) is 0.624. The van der Waals surface area contributed by atoms with Crippen molar-refractivity contribution in [1.29, 1.82) is 0 Å². The molecule has 0 bridgehead atoms. The molecule has 16 heavy (non-hydrogen) atoms. The van der Waals surface area contributed by atoms with Gasteiger partial charge in [0.1, 0.15) is 0 Å². The van der Waals surface area contributed by atoms with E-state index in [1.54, 1.807) is 0 Å². The molecule has 92 valence electrons. The van der Waals surface area contributed by atoms with E-state index in [1.165, 1.54) is 13.1 Å². The molecule has 0 aliphatic carbocycles. The maximum atomic E-state index is 3.45. The highest BCUT2D eigenvalue weighted by atomic mass is 15.3. The number of rotatable bonds is 4. The summed E-state index contributed by atoms with van der Waals surface area (Å²) >= 11 is 0. The van der Waals surface area contributed by atoms with Gasteiger partial charge in [0.25, 0.3) is 0 Å². The van der Waals surface area contributed by atoms with Crippen LogP contribution in [0.2, 0.25) is 0 Å². The summed E-state index contributed by atoms with van der Waals surface area (Å²) in [5.74, 6) is 6.12.